The second kappa shape index (κ2) is 8.72. The van der Waals surface area contributed by atoms with Gasteiger partial charge in [-0.15, -0.1) is 0 Å². The number of carboxylic acids is 1. The molecule has 0 aromatic heterocycles. The van der Waals surface area contributed by atoms with Crippen LogP contribution in [0.5, 0.6) is 11.5 Å². The maximum atomic E-state index is 12.5. The Labute approximate surface area is 157 Å². The van der Waals surface area contributed by atoms with Crippen molar-refractivity contribution in [2.45, 2.75) is 31.8 Å². The van der Waals surface area contributed by atoms with Crippen LogP contribution in [0.15, 0.2) is 18.2 Å². The zero-order valence-electron chi connectivity index (χ0n) is 15.5. The topological polar surface area (TPSA) is 123 Å². The molecule has 9 nitrogen and oxygen atoms in total. The van der Waals surface area contributed by atoms with Crippen molar-refractivity contribution in [3.63, 3.8) is 0 Å². The molecule has 0 bridgehead atoms. The Balaban J connectivity index is 2.09. The minimum Gasteiger partial charge on any atom is -0.493 e. The number of nitrogens with one attached hydrogen (secondary N) is 2. The van der Waals surface area contributed by atoms with E-state index in [0.29, 0.717) is 5.75 Å². The van der Waals surface area contributed by atoms with E-state index >= 15 is 0 Å². The van der Waals surface area contributed by atoms with Gasteiger partial charge in [0.1, 0.15) is 0 Å². The quantitative estimate of drug-likeness (QED) is 0.602. The van der Waals surface area contributed by atoms with Gasteiger partial charge in [-0.25, -0.2) is 4.79 Å². The summed E-state index contributed by atoms with van der Waals surface area (Å²) >= 11 is 0. The van der Waals surface area contributed by atoms with Gasteiger partial charge in [0, 0.05) is 24.6 Å². The molecule has 9 heteroatoms. The highest BCUT2D eigenvalue weighted by molar-refractivity contribution is 5.98. The molecular formula is C18H24N2O7. The van der Waals surface area contributed by atoms with Crippen molar-refractivity contribution >= 4 is 17.8 Å². The van der Waals surface area contributed by atoms with Crippen LogP contribution in [0.2, 0.25) is 0 Å². The van der Waals surface area contributed by atoms with Gasteiger partial charge < -0.3 is 30.0 Å². The molecule has 1 saturated heterocycles. The molecule has 1 heterocycles. The number of ether oxygens (including phenoxy) is 3. The maximum absolute atomic E-state index is 12.5. The van der Waals surface area contributed by atoms with E-state index in [2.05, 4.69) is 10.6 Å². The molecule has 3 N–H and O–H groups in total. The third-order valence-electron chi connectivity index (χ3n) is 4.02. The molecule has 1 fully saturated rings. The third-order valence-corrected chi connectivity index (χ3v) is 4.02. The molecule has 0 radical (unpaired) electrons. The average Bonchev–Trinajstić information content (AvgIpc) is 3.09. The van der Waals surface area contributed by atoms with Crippen LogP contribution in [0.4, 0.5) is 0 Å². The monoisotopic (exact) mass is 380 g/mol. The normalized spacial score (nSPS) is 18.8. The van der Waals surface area contributed by atoms with Crippen LogP contribution >= 0.6 is 0 Å². The van der Waals surface area contributed by atoms with Crippen molar-refractivity contribution in [2.24, 2.45) is 0 Å². The van der Waals surface area contributed by atoms with Gasteiger partial charge in [0.05, 0.1) is 13.7 Å². The van der Waals surface area contributed by atoms with Gasteiger partial charge in [-0.1, -0.05) is 0 Å². The third kappa shape index (κ3) is 5.10. The second-order valence-corrected chi connectivity index (χ2v) is 6.52. The summed E-state index contributed by atoms with van der Waals surface area (Å²) in [6.45, 7) is 3.66. The molecule has 1 unspecified atom stereocenters. The van der Waals surface area contributed by atoms with Crippen LogP contribution in [0.3, 0.4) is 0 Å². The number of carbonyl (C=O) groups excluding carboxylic acids is 2. The molecule has 1 aromatic rings. The van der Waals surface area contributed by atoms with Crippen molar-refractivity contribution in [1.29, 1.82) is 0 Å². The van der Waals surface area contributed by atoms with Crippen LogP contribution in [-0.4, -0.2) is 61.4 Å². The molecule has 2 rings (SSSR count). The van der Waals surface area contributed by atoms with E-state index in [4.69, 9.17) is 14.2 Å². The molecule has 27 heavy (non-hydrogen) atoms. The van der Waals surface area contributed by atoms with Crippen molar-refractivity contribution < 1.29 is 33.7 Å². The van der Waals surface area contributed by atoms with Crippen LogP contribution in [-0.2, 0) is 14.3 Å². The molecule has 1 aliphatic rings. The zero-order valence-corrected chi connectivity index (χ0v) is 15.5. The van der Waals surface area contributed by atoms with Gasteiger partial charge in [-0.05, 0) is 32.0 Å². The standard InChI is InChI=1S/C18H24N2O7/c1-11(2)19-15(21)9-27-13-5-4-12(8-14(13)25-3)16(22)20-18(17(23)24)6-7-26-10-18/h4-5,8,11H,6-7,9-10H2,1-3H3,(H,19,21)(H,20,22)(H,23,24). The molecule has 2 amide bonds. The SMILES string of the molecule is COc1cc(C(=O)NC2(C(=O)O)CCOC2)ccc1OCC(=O)NC(C)C. The highest BCUT2D eigenvalue weighted by Gasteiger charge is 2.44. The first-order valence-corrected chi connectivity index (χ1v) is 8.51. The molecule has 1 atom stereocenters. The smallest absolute Gasteiger partial charge is 0.331 e. The fourth-order valence-corrected chi connectivity index (χ4v) is 2.61. The lowest BCUT2D eigenvalue weighted by molar-refractivity contribution is -0.144. The van der Waals surface area contributed by atoms with Gasteiger partial charge in [0.15, 0.2) is 23.6 Å². The summed E-state index contributed by atoms with van der Waals surface area (Å²) in [5.74, 6) is -1.43. The summed E-state index contributed by atoms with van der Waals surface area (Å²) in [6, 6.07) is 4.39. The Morgan fingerprint density at radius 3 is 2.59 bits per heavy atom. The number of methoxy groups -OCH3 is 1. The highest BCUT2D eigenvalue weighted by Crippen LogP contribution is 2.28. The molecule has 148 valence electrons. The molecule has 0 aliphatic carbocycles. The number of rotatable bonds is 8. The summed E-state index contributed by atoms with van der Waals surface area (Å²) in [5.41, 5.74) is -1.23. The number of carbonyl (C=O) groups is 3. The Kier molecular flexibility index (Phi) is 6.62. The van der Waals surface area contributed by atoms with Crippen LogP contribution < -0.4 is 20.1 Å². The lowest BCUT2D eigenvalue weighted by atomic mass is 9.98. The van der Waals surface area contributed by atoms with Crippen molar-refractivity contribution in [3.05, 3.63) is 23.8 Å². The van der Waals surface area contributed by atoms with E-state index in [1.807, 2.05) is 13.8 Å². The maximum Gasteiger partial charge on any atom is 0.331 e. The first-order chi connectivity index (χ1) is 12.8. The lowest BCUT2D eigenvalue weighted by Gasteiger charge is -2.23. The van der Waals surface area contributed by atoms with Crippen molar-refractivity contribution in [1.82, 2.24) is 10.6 Å². The first kappa shape index (κ1) is 20.5. The molecular weight excluding hydrogens is 356 g/mol. The van der Waals surface area contributed by atoms with E-state index in [1.54, 1.807) is 0 Å². The molecule has 0 spiro atoms. The summed E-state index contributed by atoms with van der Waals surface area (Å²) in [7, 11) is 1.40. The van der Waals surface area contributed by atoms with Crippen molar-refractivity contribution in [3.8, 4) is 11.5 Å². The number of benzene rings is 1. The number of amides is 2. The van der Waals surface area contributed by atoms with Crippen LogP contribution in [0.25, 0.3) is 0 Å². The molecule has 1 aromatic carbocycles. The first-order valence-electron chi connectivity index (χ1n) is 8.51. The van der Waals surface area contributed by atoms with Gasteiger partial charge in [-0.2, -0.15) is 0 Å². The molecule has 0 saturated carbocycles. The summed E-state index contributed by atoms with van der Waals surface area (Å²) in [5, 5.41) is 14.6. The second-order valence-electron chi connectivity index (χ2n) is 6.52. The van der Waals surface area contributed by atoms with E-state index in [0.717, 1.165) is 0 Å². The Bertz CT molecular complexity index is 712. The van der Waals surface area contributed by atoms with E-state index in [1.165, 1.54) is 25.3 Å². The molecule has 1 aliphatic heterocycles. The van der Waals surface area contributed by atoms with Gasteiger partial charge in [-0.3, -0.25) is 9.59 Å². The number of aliphatic carboxylic acids is 1. The summed E-state index contributed by atoms with van der Waals surface area (Å²) < 4.78 is 15.8. The number of carboxylic acid groups (broad SMARTS) is 1. The van der Waals surface area contributed by atoms with Gasteiger partial charge >= 0.3 is 5.97 Å². The predicted molar refractivity (Wildman–Crippen MR) is 95.0 cm³/mol. The lowest BCUT2D eigenvalue weighted by Crippen LogP contribution is -2.55. The average molecular weight is 380 g/mol. The van der Waals surface area contributed by atoms with Crippen LogP contribution in [0, 0.1) is 0 Å². The van der Waals surface area contributed by atoms with E-state index < -0.39 is 17.4 Å². The fourth-order valence-electron chi connectivity index (χ4n) is 2.61. The van der Waals surface area contributed by atoms with E-state index in [-0.39, 0.29) is 49.5 Å². The highest BCUT2D eigenvalue weighted by atomic mass is 16.5. The van der Waals surface area contributed by atoms with E-state index in [9.17, 15) is 19.5 Å². The minimum atomic E-state index is -1.44. The summed E-state index contributed by atoms with van der Waals surface area (Å²) in [4.78, 5) is 35.7. The zero-order chi connectivity index (χ0) is 20.0. The number of hydrogen-bond acceptors (Lipinski definition) is 6. The fraction of sp³-hybridized carbons (Fsp3) is 0.500. The largest absolute Gasteiger partial charge is 0.493 e. The number of hydrogen-bond donors (Lipinski definition) is 3. The van der Waals surface area contributed by atoms with Crippen LogP contribution in [0.1, 0.15) is 30.6 Å². The van der Waals surface area contributed by atoms with Crippen molar-refractivity contribution in [2.75, 3.05) is 26.9 Å². The Morgan fingerprint density at radius 1 is 1.30 bits per heavy atom. The van der Waals surface area contributed by atoms with Gasteiger partial charge in [0.25, 0.3) is 11.8 Å². The Morgan fingerprint density at radius 2 is 2.04 bits per heavy atom. The minimum absolute atomic E-state index is 0.00445. The summed E-state index contributed by atoms with van der Waals surface area (Å²) in [6.07, 6.45) is 0.192. The van der Waals surface area contributed by atoms with Gasteiger partial charge in [0.2, 0.25) is 0 Å². The Hall–Kier alpha value is -2.81. The predicted octanol–water partition coefficient (Wildman–Crippen LogP) is 0.572.